The van der Waals surface area contributed by atoms with E-state index in [2.05, 4.69) is 15.3 Å². The largest absolute Gasteiger partial charge is 0.444 e. The van der Waals surface area contributed by atoms with Crippen LogP contribution >= 0.6 is 0 Å². The molecule has 21 heavy (non-hydrogen) atoms. The summed E-state index contributed by atoms with van der Waals surface area (Å²) >= 11 is 0. The molecule has 0 atom stereocenters. The molecule has 110 valence electrons. The van der Waals surface area contributed by atoms with Gasteiger partial charge in [0, 0.05) is 12.4 Å². The zero-order chi connectivity index (χ0) is 15.5. The van der Waals surface area contributed by atoms with Crippen molar-refractivity contribution in [1.82, 2.24) is 9.97 Å². The summed E-state index contributed by atoms with van der Waals surface area (Å²) in [5, 5.41) is 2.67. The summed E-state index contributed by atoms with van der Waals surface area (Å²) in [5.41, 5.74) is 7.34. The first-order valence-electron chi connectivity index (χ1n) is 6.53. The van der Waals surface area contributed by atoms with E-state index in [9.17, 15) is 4.79 Å². The normalized spacial score (nSPS) is 11.0. The van der Waals surface area contributed by atoms with E-state index in [-0.39, 0.29) is 0 Å². The van der Waals surface area contributed by atoms with Gasteiger partial charge in [0.2, 0.25) is 0 Å². The maximum Gasteiger partial charge on any atom is 0.412 e. The lowest BCUT2D eigenvalue weighted by Crippen LogP contribution is -2.27. The summed E-state index contributed by atoms with van der Waals surface area (Å²) in [5.74, 6) is 0. The van der Waals surface area contributed by atoms with Gasteiger partial charge in [-0.3, -0.25) is 15.3 Å². The minimum atomic E-state index is -0.573. The van der Waals surface area contributed by atoms with Gasteiger partial charge in [0.1, 0.15) is 17.0 Å². The van der Waals surface area contributed by atoms with E-state index in [0.717, 1.165) is 0 Å². The Morgan fingerprint density at radius 2 is 1.76 bits per heavy atom. The van der Waals surface area contributed by atoms with Gasteiger partial charge >= 0.3 is 6.09 Å². The van der Waals surface area contributed by atoms with E-state index in [0.29, 0.717) is 22.8 Å². The Morgan fingerprint density at radius 3 is 2.38 bits per heavy atom. The Kier molecular flexibility index (Phi) is 4.07. The molecule has 0 aliphatic carbocycles. The molecule has 2 aromatic rings. The maximum absolute atomic E-state index is 11.9. The van der Waals surface area contributed by atoms with Crippen molar-refractivity contribution in [3.8, 4) is 11.4 Å². The molecule has 6 heteroatoms. The smallest absolute Gasteiger partial charge is 0.412 e. The summed E-state index contributed by atoms with van der Waals surface area (Å²) < 4.78 is 5.23. The zero-order valence-corrected chi connectivity index (χ0v) is 12.3. The average Bonchev–Trinajstić information content (AvgIpc) is 2.38. The standard InChI is InChI=1S/C15H18N4O2/c1-15(2,3)21-14(20)19-11-7-5-9-18-13(11)12-10(16)6-4-8-17-12/h4-9H,16H2,1-3H3,(H,19,20). The zero-order valence-electron chi connectivity index (χ0n) is 12.3. The lowest BCUT2D eigenvalue weighted by molar-refractivity contribution is 0.0636. The predicted octanol–water partition coefficient (Wildman–Crippen LogP) is 3.07. The summed E-state index contributed by atoms with van der Waals surface area (Å²) in [4.78, 5) is 20.3. The molecule has 0 aliphatic rings. The molecule has 0 fully saturated rings. The lowest BCUT2D eigenvalue weighted by Gasteiger charge is -2.20. The quantitative estimate of drug-likeness (QED) is 0.885. The van der Waals surface area contributed by atoms with E-state index in [1.165, 1.54) is 0 Å². The number of hydrogen-bond acceptors (Lipinski definition) is 5. The maximum atomic E-state index is 11.9. The third-order valence-electron chi connectivity index (χ3n) is 2.51. The molecule has 0 radical (unpaired) electrons. The first kappa shape index (κ1) is 14.8. The molecule has 0 bridgehead atoms. The summed E-state index contributed by atoms with van der Waals surface area (Å²) in [7, 11) is 0. The van der Waals surface area contributed by atoms with Crippen LogP contribution in [0.15, 0.2) is 36.7 Å². The second-order valence-corrected chi connectivity index (χ2v) is 5.47. The molecule has 2 heterocycles. The molecule has 3 N–H and O–H groups in total. The number of rotatable bonds is 2. The van der Waals surface area contributed by atoms with Crippen LogP contribution in [0.5, 0.6) is 0 Å². The molecule has 0 aromatic carbocycles. The number of carbonyl (C=O) groups excluding carboxylic acids is 1. The van der Waals surface area contributed by atoms with Crippen molar-refractivity contribution in [2.45, 2.75) is 26.4 Å². The van der Waals surface area contributed by atoms with Crippen LogP contribution in [0.25, 0.3) is 11.4 Å². The van der Waals surface area contributed by atoms with E-state index in [1.54, 1.807) is 57.4 Å². The number of hydrogen-bond donors (Lipinski definition) is 2. The van der Waals surface area contributed by atoms with Crippen molar-refractivity contribution in [2.75, 3.05) is 11.1 Å². The first-order valence-corrected chi connectivity index (χ1v) is 6.53. The second-order valence-electron chi connectivity index (χ2n) is 5.47. The SMILES string of the molecule is CC(C)(C)OC(=O)Nc1cccnc1-c1ncccc1N. The lowest BCUT2D eigenvalue weighted by atomic mass is 10.2. The van der Waals surface area contributed by atoms with Crippen molar-refractivity contribution in [3.63, 3.8) is 0 Å². The van der Waals surface area contributed by atoms with Crippen molar-refractivity contribution in [1.29, 1.82) is 0 Å². The number of carbonyl (C=O) groups is 1. The Morgan fingerprint density at radius 1 is 1.14 bits per heavy atom. The van der Waals surface area contributed by atoms with Crippen LogP contribution in [0.4, 0.5) is 16.2 Å². The van der Waals surface area contributed by atoms with E-state index < -0.39 is 11.7 Å². The number of nitrogens with two attached hydrogens (primary N) is 1. The molecule has 6 nitrogen and oxygen atoms in total. The van der Waals surface area contributed by atoms with E-state index in [4.69, 9.17) is 10.5 Å². The van der Waals surface area contributed by atoms with Crippen LogP contribution < -0.4 is 11.1 Å². The van der Waals surface area contributed by atoms with Gasteiger partial charge in [0.25, 0.3) is 0 Å². The molecule has 0 saturated heterocycles. The van der Waals surface area contributed by atoms with Crippen molar-refractivity contribution >= 4 is 17.5 Å². The van der Waals surface area contributed by atoms with Gasteiger partial charge in [0.05, 0.1) is 11.4 Å². The fraction of sp³-hybridized carbons (Fsp3) is 0.267. The summed E-state index contributed by atoms with van der Waals surface area (Å²) in [6.45, 7) is 5.40. The van der Waals surface area contributed by atoms with Gasteiger partial charge in [0.15, 0.2) is 0 Å². The summed E-state index contributed by atoms with van der Waals surface area (Å²) in [6.07, 6.45) is 2.69. The minimum absolute atomic E-state index is 0.489. The topological polar surface area (TPSA) is 90.1 Å². The molecule has 1 amide bonds. The van der Waals surface area contributed by atoms with E-state index >= 15 is 0 Å². The molecular weight excluding hydrogens is 268 g/mol. The van der Waals surface area contributed by atoms with Crippen LogP contribution in [0, 0.1) is 0 Å². The highest BCUT2D eigenvalue weighted by atomic mass is 16.6. The van der Waals surface area contributed by atoms with Crippen LogP contribution in [0.3, 0.4) is 0 Å². The predicted molar refractivity (Wildman–Crippen MR) is 81.7 cm³/mol. The highest BCUT2D eigenvalue weighted by Gasteiger charge is 2.18. The minimum Gasteiger partial charge on any atom is -0.444 e. The van der Waals surface area contributed by atoms with Crippen molar-refractivity contribution < 1.29 is 9.53 Å². The first-order chi connectivity index (χ1) is 9.87. The number of anilines is 2. The fourth-order valence-corrected chi connectivity index (χ4v) is 1.72. The Balaban J connectivity index is 2.30. The molecule has 0 unspecified atom stereocenters. The molecule has 2 aromatic heterocycles. The number of pyridine rings is 2. The Hall–Kier alpha value is -2.63. The van der Waals surface area contributed by atoms with Crippen molar-refractivity contribution in [2.24, 2.45) is 0 Å². The fourth-order valence-electron chi connectivity index (χ4n) is 1.72. The molecule has 0 spiro atoms. The van der Waals surface area contributed by atoms with Gasteiger partial charge in [-0.25, -0.2) is 4.79 Å². The molecule has 0 aliphatic heterocycles. The number of ether oxygens (including phenoxy) is 1. The highest BCUT2D eigenvalue weighted by molar-refractivity contribution is 5.91. The van der Waals surface area contributed by atoms with Crippen LogP contribution in [0.1, 0.15) is 20.8 Å². The number of aromatic nitrogens is 2. The molecular formula is C15H18N4O2. The van der Waals surface area contributed by atoms with E-state index in [1.807, 2.05) is 0 Å². The average molecular weight is 286 g/mol. The highest BCUT2D eigenvalue weighted by Crippen LogP contribution is 2.28. The van der Waals surface area contributed by atoms with Gasteiger partial charge < -0.3 is 10.5 Å². The number of nitrogens with zero attached hydrogens (tertiary/aromatic N) is 2. The number of nitrogen functional groups attached to an aromatic ring is 1. The Labute approximate surface area is 123 Å². The van der Waals surface area contributed by atoms with Gasteiger partial charge in [-0.1, -0.05) is 0 Å². The van der Waals surface area contributed by atoms with Crippen molar-refractivity contribution in [3.05, 3.63) is 36.7 Å². The second kappa shape index (κ2) is 5.78. The van der Waals surface area contributed by atoms with Crippen LogP contribution in [-0.4, -0.2) is 21.7 Å². The van der Waals surface area contributed by atoms with Gasteiger partial charge in [-0.2, -0.15) is 0 Å². The summed E-state index contributed by atoms with van der Waals surface area (Å²) in [6, 6.07) is 6.91. The van der Waals surface area contributed by atoms with Crippen LogP contribution in [-0.2, 0) is 4.74 Å². The van der Waals surface area contributed by atoms with Gasteiger partial charge in [-0.15, -0.1) is 0 Å². The Bertz CT molecular complexity index is 650. The molecule has 0 saturated carbocycles. The third-order valence-corrected chi connectivity index (χ3v) is 2.51. The monoisotopic (exact) mass is 286 g/mol. The molecule has 2 rings (SSSR count). The third kappa shape index (κ3) is 3.92. The number of amides is 1. The van der Waals surface area contributed by atoms with Gasteiger partial charge in [-0.05, 0) is 45.0 Å². The number of nitrogens with one attached hydrogen (secondary N) is 1. The van der Waals surface area contributed by atoms with Crippen LogP contribution in [0.2, 0.25) is 0 Å².